The molecule has 0 bridgehead atoms. The van der Waals surface area contributed by atoms with Crippen LogP contribution in [-0.4, -0.2) is 29.8 Å². The van der Waals surface area contributed by atoms with Gasteiger partial charge in [0, 0.05) is 18.3 Å². The van der Waals surface area contributed by atoms with Crippen molar-refractivity contribution in [1.82, 2.24) is 4.98 Å². The highest BCUT2D eigenvalue weighted by atomic mass is 35.5. The molecule has 2 aromatic rings. The molecule has 0 aliphatic rings. The van der Waals surface area contributed by atoms with Crippen LogP contribution < -0.4 is 5.32 Å². The molecule has 1 amide bonds. The number of halogens is 1. The van der Waals surface area contributed by atoms with Gasteiger partial charge in [0.05, 0.1) is 35.4 Å². The van der Waals surface area contributed by atoms with Crippen LogP contribution in [0.2, 0.25) is 5.02 Å². The summed E-state index contributed by atoms with van der Waals surface area (Å²) >= 11 is 5.94. The maximum atomic E-state index is 12.3. The fourth-order valence-electron chi connectivity index (χ4n) is 2.57. The molecule has 0 spiro atoms. The van der Waals surface area contributed by atoms with Gasteiger partial charge < -0.3 is 15.0 Å². The zero-order valence-electron chi connectivity index (χ0n) is 14.4. The Hall–Kier alpha value is -3.11. The normalized spacial score (nSPS) is 10.1. The molecule has 8 heteroatoms. The maximum Gasteiger partial charge on any atom is 0.339 e. The molecule has 2 N–H and O–H groups in total. The van der Waals surface area contributed by atoms with Gasteiger partial charge in [0.15, 0.2) is 5.78 Å². The number of benzene rings is 1. The Morgan fingerprint density at radius 3 is 2.58 bits per heavy atom. The molecule has 0 fully saturated rings. The summed E-state index contributed by atoms with van der Waals surface area (Å²) in [5.41, 5.74) is 1.86. The first-order valence-corrected chi connectivity index (χ1v) is 7.96. The molecule has 0 unspecified atom stereocenters. The van der Waals surface area contributed by atoms with E-state index in [0.717, 1.165) is 0 Å². The average molecular weight is 374 g/mol. The standard InChI is InChI=1S/C18H16ClN3O4/c1-9-16(18(25)26-3)14(22-17(9)10(2)23)7-15(24)21-12-5-4-11(8-20)13(19)6-12/h4-6,22H,7H2,1-3H3,(H,21,24). The van der Waals surface area contributed by atoms with E-state index in [-0.39, 0.29) is 34.2 Å². The molecule has 134 valence electrons. The number of methoxy groups -OCH3 is 1. The van der Waals surface area contributed by atoms with Crippen LogP contribution in [0.3, 0.4) is 0 Å². The van der Waals surface area contributed by atoms with Gasteiger partial charge in [0.25, 0.3) is 0 Å². The molecule has 7 nitrogen and oxygen atoms in total. The Morgan fingerprint density at radius 2 is 2.04 bits per heavy atom. The molecule has 0 atom stereocenters. The predicted octanol–water partition coefficient (Wildman–Crippen LogP) is 3.02. The minimum Gasteiger partial charge on any atom is -0.465 e. The number of aromatic amines is 1. The van der Waals surface area contributed by atoms with Gasteiger partial charge in [-0.1, -0.05) is 11.6 Å². The van der Waals surface area contributed by atoms with Crippen molar-refractivity contribution in [3.05, 3.63) is 51.3 Å². The quantitative estimate of drug-likeness (QED) is 0.618. The van der Waals surface area contributed by atoms with Crippen molar-refractivity contribution in [2.45, 2.75) is 20.3 Å². The highest BCUT2D eigenvalue weighted by Gasteiger charge is 2.24. The molecule has 26 heavy (non-hydrogen) atoms. The molecule has 1 aromatic carbocycles. The van der Waals surface area contributed by atoms with Crippen molar-refractivity contribution in [3.63, 3.8) is 0 Å². The number of nitrogens with zero attached hydrogens (tertiary/aromatic N) is 1. The molecular formula is C18H16ClN3O4. The number of rotatable bonds is 5. The number of nitrogens with one attached hydrogen (secondary N) is 2. The summed E-state index contributed by atoms with van der Waals surface area (Å²) in [6, 6.07) is 6.42. The number of amides is 1. The molecule has 0 aliphatic heterocycles. The van der Waals surface area contributed by atoms with Crippen LogP contribution >= 0.6 is 11.6 Å². The van der Waals surface area contributed by atoms with E-state index in [1.54, 1.807) is 13.0 Å². The Kier molecular flexibility index (Phi) is 5.80. The van der Waals surface area contributed by atoms with Gasteiger partial charge >= 0.3 is 5.97 Å². The average Bonchev–Trinajstić information content (AvgIpc) is 2.90. The number of carbonyl (C=O) groups is 3. The van der Waals surface area contributed by atoms with Crippen molar-refractivity contribution in [2.75, 3.05) is 12.4 Å². The van der Waals surface area contributed by atoms with Crippen molar-refractivity contribution in [2.24, 2.45) is 0 Å². The number of ketones is 1. The van der Waals surface area contributed by atoms with E-state index in [4.69, 9.17) is 21.6 Å². The summed E-state index contributed by atoms with van der Waals surface area (Å²) in [5.74, 6) is -1.30. The number of H-pyrrole nitrogens is 1. The minimum absolute atomic E-state index is 0.170. The first-order chi connectivity index (χ1) is 12.3. The predicted molar refractivity (Wildman–Crippen MR) is 95.4 cm³/mol. The van der Waals surface area contributed by atoms with Gasteiger partial charge in [-0.25, -0.2) is 4.79 Å². The topological polar surface area (TPSA) is 112 Å². The number of Topliss-reactive ketones (excluding diaryl/α,β-unsaturated/α-hetero) is 1. The first kappa shape index (κ1) is 19.2. The highest BCUT2D eigenvalue weighted by molar-refractivity contribution is 6.32. The SMILES string of the molecule is COC(=O)c1c(CC(=O)Nc2ccc(C#N)c(Cl)c2)[nH]c(C(C)=O)c1C. The number of carbonyl (C=O) groups excluding carboxylic acids is 3. The largest absolute Gasteiger partial charge is 0.465 e. The van der Waals surface area contributed by atoms with Crippen molar-refractivity contribution in [3.8, 4) is 6.07 Å². The molecule has 1 aromatic heterocycles. The number of aromatic nitrogens is 1. The molecule has 1 heterocycles. The van der Waals surface area contributed by atoms with Gasteiger partial charge in [-0.3, -0.25) is 9.59 Å². The summed E-state index contributed by atoms with van der Waals surface area (Å²) in [5, 5.41) is 11.7. The molecule has 0 radical (unpaired) electrons. The van der Waals surface area contributed by atoms with Crippen molar-refractivity contribution >= 4 is 34.9 Å². The fraction of sp³-hybridized carbons (Fsp3) is 0.222. The van der Waals surface area contributed by atoms with Crippen molar-refractivity contribution < 1.29 is 19.1 Å². The van der Waals surface area contributed by atoms with Gasteiger partial charge in [-0.15, -0.1) is 0 Å². The molecular weight excluding hydrogens is 358 g/mol. The van der Waals surface area contributed by atoms with E-state index in [1.165, 1.54) is 26.2 Å². The van der Waals surface area contributed by atoms with E-state index in [0.29, 0.717) is 16.8 Å². The van der Waals surface area contributed by atoms with Crippen LogP contribution in [0.15, 0.2) is 18.2 Å². The third-order valence-electron chi connectivity index (χ3n) is 3.78. The summed E-state index contributed by atoms with van der Waals surface area (Å²) in [4.78, 5) is 38.9. The van der Waals surface area contributed by atoms with Gasteiger partial charge in [-0.2, -0.15) is 5.26 Å². The maximum absolute atomic E-state index is 12.3. The molecule has 0 aliphatic carbocycles. The molecule has 0 saturated carbocycles. The lowest BCUT2D eigenvalue weighted by molar-refractivity contribution is -0.115. The number of nitriles is 1. The van der Waals surface area contributed by atoms with Crippen LogP contribution in [0.1, 0.15) is 44.6 Å². The van der Waals surface area contributed by atoms with Crippen LogP contribution in [0.5, 0.6) is 0 Å². The number of hydrogen-bond acceptors (Lipinski definition) is 5. The number of hydrogen-bond donors (Lipinski definition) is 2. The zero-order chi connectivity index (χ0) is 19.4. The summed E-state index contributed by atoms with van der Waals surface area (Å²) in [6.45, 7) is 2.98. The summed E-state index contributed by atoms with van der Waals surface area (Å²) < 4.78 is 4.74. The first-order valence-electron chi connectivity index (χ1n) is 7.58. The lowest BCUT2D eigenvalue weighted by Gasteiger charge is -2.07. The van der Waals surface area contributed by atoms with Crippen LogP contribution in [0.4, 0.5) is 5.69 Å². The summed E-state index contributed by atoms with van der Waals surface area (Å²) in [6.07, 6.45) is -0.170. The van der Waals surface area contributed by atoms with Crippen molar-refractivity contribution in [1.29, 1.82) is 5.26 Å². The third-order valence-corrected chi connectivity index (χ3v) is 4.09. The number of esters is 1. The van der Waals surface area contributed by atoms with E-state index in [2.05, 4.69) is 10.3 Å². The second-order valence-electron chi connectivity index (χ2n) is 5.56. The van der Waals surface area contributed by atoms with Gasteiger partial charge in [0.2, 0.25) is 5.91 Å². The Bertz CT molecular complexity index is 941. The third kappa shape index (κ3) is 3.92. The van der Waals surface area contributed by atoms with E-state index >= 15 is 0 Å². The number of anilines is 1. The second kappa shape index (κ2) is 7.85. The second-order valence-corrected chi connectivity index (χ2v) is 5.96. The van der Waals surface area contributed by atoms with Crippen LogP contribution in [-0.2, 0) is 16.0 Å². The Balaban J connectivity index is 2.27. The molecule has 2 rings (SSSR count). The molecule has 0 saturated heterocycles. The van der Waals surface area contributed by atoms with E-state index in [1.807, 2.05) is 6.07 Å². The highest BCUT2D eigenvalue weighted by Crippen LogP contribution is 2.23. The van der Waals surface area contributed by atoms with Crippen LogP contribution in [0.25, 0.3) is 0 Å². The monoisotopic (exact) mass is 373 g/mol. The summed E-state index contributed by atoms with van der Waals surface area (Å²) in [7, 11) is 1.23. The van der Waals surface area contributed by atoms with E-state index in [9.17, 15) is 14.4 Å². The van der Waals surface area contributed by atoms with Gasteiger partial charge in [0.1, 0.15) is 6.07 Å². The van der Waals surface area contributed by atoms with E-state index < -0.39 is 11.9 Å². The lowest BCUT2D eigenvalue weighted by Crippen LogP contribution is -2.17. The van der Waals surface area contributed by atoms with Gasteiger partial charge in [-0.05, 0) is 30.7 Å². The Labute approximate surface area is 154 Å². The lowest BCUT2D eigenvalue weighted by atomic mass is 10.1. The smallest absolute Gasteiger partial charge is 0.339 e. The Morgan fingerprint density at radius 1 is 1.35 bits per heavy atom. The zero-order valence-corrected chi connectivity index (χ0v) is 15.2. The number of ether oxygens (including phenoxy) is 1. The fourth-order valence-corrected chi connectivity index (χ4v) is 2.79. The van der Waals surface area contributed by atoms with Crippen LogP contribution in [0, 0.1) is 18.3 Å². The minimum atomic E-state index is -0.629.